The molecular weight excluding hydrogens is 408 g/mol. The third-order valence-electron chi connectivity index (χ3n) is 5.18. The van der Waals surface area contributed by atoms with Crippen molar-refractivity contribution in [2.75, 3.05) is 13.7 Å². The number of nitro groups is 1. The second kappa shape index (κ2) is 10.4. The Morgan fingerprint density at radius 3 is 2.72 bits per heavy atom. The number of ether oxygens (including phenoxy) is 2. The first-order chi connectivity index (χ1) is 15.5. The van der Waals surface area contributed by atoms with Gasteiger partial charge in [0.25, 0.3) is 0 Å². The van der Waals surface area contributed by atoms with Crippen LogP contribution >= 0.6 is 0 Å². The lowest BCUT2D eigenvalue weighted by Gasteiger charge is -2.12. The lowest BCUT2D eigenvalue weighted by molar-refractivity contribution is -0.386. The van der Waals surface area contributed by atoms with Gasteiger partial charge < -0.3 is 14.0 Å². The van der Waals surface area contributed by atoms with Crippen LogP contribution in [-0.2, 0) is 7.05 Å². The minimum Gasteiger partial charge on any atom is -0.493 e. The fraction of sp³-hybridized carbons (Fsp3) is 0.333. The average molecular weight is 434 g/mol. The summed E-state index contributed by atoms with van der Waals surface area (Å²) in [5, 5.41) is 21.5. The molecule has 0 aliphatic rings. The summed E-state index contributed by atoms with van der Waals surface area (Å²) >= 11 is 0. The van der Waals surface area contributed by atoms with Crippen LogP contribution in [0.15, 0.2) is 36.4 Å². The number of hydrogen-bond donors (Lipinski definition) is 0. The standard InChI is InChI=1S/C24H26N4O4/c1-4-5-6-9-12-32-23-21(28(29)30)14-17(15-22(23)31-3)13-18(16-25)24-26-19-10-7-8-11-20(19)27(24)2/h7-8,10-11,13-15H,4-6,9,12H2,1-3H3/b18-13-. The molecule has 0 aliphatic heterocycles. The van der Waals surface area contributed by atoms with Crippen LogP contribution in [0.4, 0.5) is 5.69 Å². The first kappa shape index (κ1) is 22.8. The predicted molar refractivity (Wildman–Crippen MR) is 123 cm³/mol. The fourth-order valence-electron chi connectivity index (χ4n) is 3.53. The molecule has 2 aromatic carbocycles. The predicted octanol–water partition coefficient (Wildman–Crippen LogP) is 5.51. The number of aromatic nitrogens is 2. The number of imidazole rings is 1. The molecule has 0 unspecified atom stereocenters. The fourth-order valence-corrected chi connectivity index (χ4v) is 3.53. The van der Waals surface area contributed by atoms with Gasteiger partial charge in [-0.05, 0) is 36.3 Å². The SMILES string of the molecule is CCCCCCOc1c(OC)cc(/C=C(/C#N)c2nc3ccccc3n2C)cc1[N+](=O)[O-]. The van der Waals surface area contributed by atoms with E-state index in [0.717, 1.165) is 36.7 Å². The molecular formula is C24H26N4O4. The van der Waals surface area contributed by atoms with E-state index in [4.69, 9.17) is 9.47 Å². The molecule has 0 N–H and O–H groups in total. The molecule has 32 heavy (non-hydrogen) atoms. The van der Waals surface area contributed by atoms with Gasteiger partial charge in [0.2, 0.25) is 5.75 Å². The summed E-state index contributed by atoms with van der Waals surface area (Å²) < 4.78 is 12.9. The number of nitrogens with zero attached hydrogens (tertiary/aromatic N) is 4. The van der Waals surface area contributed by atoms with Gasteiger partial charge in [-0.25, -0.2) is 4.98 Å². The second-order valence-corrected chi connectivity index (χ2v) is 7.39. The summed E-state index contributed by atoms with van der Waals surface area (Å²) in [5.74, 6) is 0.835. The zero-order valence-corrected chi connectivity index (χ0v) is 18.5. The highest BCUT2D eigenvalue weighted by Gasteiger charge is 2.22. The monoisotopic (exact) mass is 434 g/mol. The minimum atomic E-state index is -0.498. The largest absolute Gasteiger partial charge is 0.493 e. The van der Waals surface area contributed by atoms with Crippen LogP contribution in [0, 0.1) is 21.4 Å². The molecule has 3 aromatic rings. The Balaban J connectivity index is 2.00. The first-order valence-electron chi connectivity index (χ1n) is 10.5. The lowest BCUT2D eigenvalue weighted by atomic mass is 10.1. The minimum absolute atomic E-state index is 0.104. The van der Waals surface area contributed by atoms with Crippen molar-refractivity contribution in [3.63, 3.8) is 0 Å². The smallest absolute Gasteiger partial charge is 0.315 e. The Bertz CT molecular complexity index is 1190. The third-order valence-corrected chi connectivity index (χ3v) is 5.18. The van der Waals surface area contributed by atoms with Crippen molar-refractivity contribution >= 4 is 28.4 Å². The van der Waals surface area contributed by atoms with Crippen molar-refractivity contribution in [3.05, 3.63) is 57.9 Å². The van der Waals surface area contributed by atoms with E-state index >= 15 is 0 Å². The molecule has 1 aromatic heterocycles. The number of nitriles is 1. The number of para-hydroxylation sites is 2. The lowest BCUT2D eigenvalue weighted by Crippen LogP contribution is -2.03. The molecule has 0 bridgehead atoms. The van der Waals surface area contributed by atoms with Gasteiger partial charge in [0.1, 0.15) is 6.07 Å². The van der Waals surface area contributed by atoms with Crippen LogP contribution in [0.1, 0.15) is 44.0 Å². The van der Waals surface area contributed by atoms with Gasteiger partial charge in [0.05, 0.1) is 35.2 Å². The molecule has 0 saturated heterocycles. The Morgan fingerprint density at radius 1 is 1.28 bits per heavy atom. The third kappa shape index (κ3) is 4.89. The van der Waals surface area contributed by atoms with E-state index in [9.17, 15) is 15.4 Å². The highest BCUT2D eigenvalue weighted by Crippen LogP contribution is 2.39. The number of rotatable bonds is 10. The molecule has 0 spiro atoms. The number of fused-ring (bicyclic) bond motifs is 1. The zero-order chi connectivity index (χ0) is 23.1. The number of hydrogen-bond acceptors (Lipinski definition) is 6. The summed E-state index contributed by atoms with van der Waals surface area (Å²) in [7, 11) is 3.27. The number of nitro benzene ring substituents is 1. The molecule has 0 amide bonds. The second-order valence-electron chi connectivity index (χ2n) is 7.39. The van der Waals surface area contributed by atoms with Crippen molar-refractivity contribution < 1.29 is 14.4 Å². The number of methoxy groups -OCH3 is 1. The first-order valence-corrected chi connectivity index (χ1v) is 10.5. The highest BCUT2D eigenvalue weighted by molar-refractivity contribution is 5.91. The molecule has 8 heteroatoms. The number of aryl methyl sites for hydroxylation is 1. The maximum atomic E-state index is 11.7. The van der Waals surface area contributed by atoms with Crippen molar-refractivity contribution in [1.82, 2.24) is 9.55 Å². The topological polar surface area (TPSA) is 103 Å². The Labute approximate surface area is 186 Å². The Kier molecular flexibility index (Phi) is 7.45. The van der Waals surface area contributed by atoms with Gasteiger partial charge in [-0.15, -0.1) is 0 Å². The molecule has 166 valence electrons. The summed E-state index contributed by atoms with van der Waals surface area (Å²) in [5.41, 5.74) is 2.19. The van der Waals surface area contributed by atoms with Gasteiger partial charge in [0.15, 0.2) is 11.6 Å². The van der Waals surface area contributed by atoms with Crippen LogP contribution < -0.4 is 9.47 Å². The van der Waals surface area contributed by atoms with E-state index in [1.807, 2.05) is 35.9 Å². The molecule has 0 radical (unpaired) electrons. The van der Waals surface area contributed by atoms with E-state index in [-0.39, 0.29) is 22.8 Å². The molecule has 8 nitrogen and oxygen atoms in total. The van der Waals surface area contributed by atoms with E-state index in [1.54, 1.807) is 12.1 Å². The number of allylic oxidation sites excluding steroid dienone is 1. The number of benzene rings is 2. The quantitative estimate of drug-likeness (QED) is 0.180. The summed E-state index contributed by atoms with van der Waals surface area (Å²) in [6.45, 7) is 2.49. The van der Waals surface area contributed by atoms with Crippen LogP contribution in [0.2, 0.25) is 0 Å². The van der Waals surface area contributed by atoms with Gasteiger partial charge >= 0.3 is 5.69 Å². The van der Waals surface area contributed by atoms with Crippen LogP contribution in [0.5, 0.6) is 11.5 Å². The molecule has 1 heterocycles. The maximum Gasteiger partial charge on any atom is 0.315 e. The van der Waals surface area contributed by atoms with Crippen LogP contribution in [-0.4, -0.2) is 28.2 Å². The Hall–Kier alpha value is -3.86. The average Bonchev–Trinajstić information content (AvgIpc) is 3.13. The van der Waals surface area contributed by atoms with Crippen molar-refractivity contribution in [3.8, 4) is 17.6 Å². The molecule has 0 saturated carbocycles. The Morgan fingerprint density at radius 2 is 2.06 bits per heavy atom. The summed E-state index contributed by atoms with van der Waals surface area (Å²) in [6, 6.07) is 12.8. The van der Waals surface area contributed by atoms with E-state index in [0.29, 0.717) is 18.0 Å². The van der Waals surface area contributed by atoms with Gasteiger partial charge in [0, 0.05) is 13.1 Å². The van der Waals surface area contributed by atoms with E-state index in [1.165, 1.54) is 13.2 Å². The maximum absolute atomic E-state index is 11.7. The van der Waals surface area contributed by atoms with Gasteiger partial charge in [-0.3, -0.25) is 10.1 Å². The van der Waals surface area contributed by atoms with Gasteiger partial charge in [-0.2, -0.15) is 5.26 Å². The van der Waals surface area contributed by atoms with Crippen molar-refractivity contribution in [1.29, 1.82) is 5.26 Å². The van der Waals surface area contributed by atoms with Crippen molar-refractivity contribution in [2.45, 2.75) is 32.6 Å². The zero-order valence-electron chi connectivity index (χ0n) is 18.5. The van der Waals surface area contributed by atoms with Crippen LogP contribution in [0.3, 0.4) is 0 Å². The normalized spacial score (nSPS) is 11.4. The highest BCUT2D eigenvalue weighted by atomic mass is 16.6. The molecule has 3 rings (SSSR count). The van der Waals surface area contributed by atoms with Gasteiger partial charge in [-0.1, -0.05) is 38.3 Å². The van der Waals surface area contributed by atoms with E-state index in [2.05, 4.69) is 18.0 Å². The van der Waals surface area contributed by atoms with Crippen LogP contribution in [0.25, 0.3) is 22.7 Å². The summed E-state index contributed by atoms with van der Waals surface area (Å²) in [6.07, 6.45) is 5.56. The molecule has 0 atom stereocenters. The molecule has 0 aliphatic carbocycles. The summed E-state index contributed by atoms with van der Waals surface area (Å²) in [4.78, 5) is 15.8. The van der Waals surface area contributed by atoms with Crippen molar-refractivity contribution in [2.24, 2.45) is 7.05 Å². The number of unbranched alkanes of at least 4 members (excludes halogenated alkanes) is 3. The molecule has 0 fully saturated rings. The van der Waals surface area contributed by atoms with E-state index < -0.39 is 4.92 Å².